The van der Waals surface area contributed by atoms with Crippen molar-refractivity contribution in [3.63, 3.8) is 0 Å². The molecule has 0 saturated carbocycles. The highest BCUT2D eigenvalue weighted by Crippen LogP contribution is 2.20. The number of sulfonamides is 1. The molecular formula is C17H24N6O3S. The van der Waals surface area contributed by atoms with Crippen molar-refractivity contribution < 1.29 is 13.2 Å². The summed E-state index contributed by atoms with van der Waals surface area (Å²) in [5.74, 6) is 0.998. The van der Waals surface area contributed by atoms with Crippen LogP contribution in [0.15, 0.2) is 35.6 Å². The topological polar surface area (TPSA) is 109 Å². The summed E-state index contributed by atoms with van der Waals surface area (Å²) in [7, 11) is -1.68. The van der Waals surface area contributed by atoms with Gasteiger partial charge in [0.1, 0.15) is 16.5 Å². The number of aromatic nitrogens is 3. The number of piperidine rings is 1. The minimum absolute atomic E-state index is 0.136. The standard InChI is InChI=1S/C17H24N6O3S/c1-13(16-18-8-11-22(16)2)20-17(24)21-15-7-6-14(12-19-15)27(25,26)23-9-4-3-5-10-23/h6-8,11-13H,3-5,9-10H2,1-2H3,(H2,19,20,21,24)/t13-/m0/s1. The van der Waals surface area contributed by atoms with E-state index >= 15 is 0 Å². The number of hydrogen-bond donors (Lipinski definition) is 2. The molecule has 146 valence electrons. The second-order valence-electron chi connectivity index (χ2n) is 6.56. The van der Waals surface area contributed by atoms with E-state index in [1.165, 1.54) is 22.6 Å². The van der Waals surface area contributed by atoms with E-state index in [-0.39, 0.29) is 16.8 Å². The van der Waals surface area contributed by atoms with Gasteiger partial charge in [0.25, 0.3) is 0 Å². The summed E-state index contributed by atoms with van der Waals surface area (Å²) in [6.45, 7) is 2.90. The molecule has 1 aliphatic heterocycles. The smallest absolute Gasteiger partial charge is 0.320 e. The minimum Gasteiger partial charge on any atom is -0.336 e. The van der Waals surface area contributed by atoms with Crippen LogP contribution in [0.2, 0.25) is 0 Å². The van der Waals surface area contributed by atoms with Crippen LogP contribution in [-0.2, 0) is 17.1 Å². The van der Waals surface area contributed by atoms with Gasteiger partial charge in [0.2, 0.25) is 10.0 Å². The molecule has 0 radical (unpaired) electrons. The average Bonchev–Trinajstić information content (AvgIpc) is 3.09. The minimum atomic E-state index is -3.53. The van der Waals surface area contributed by atoms with E-state index in [9.17, 15) is 13.2 Å². The summed E-state index contributed by atoms with van der Waals surface area (Å²) < 4.78 is 28.5. The molecule has 3 heterocycles. The Morgan fingerprint density at radius 3 is 2.52 bits per heavy atom. The average molecular weight is 392 g/mol. The van der Waals surface area contributed by atoms with Crippen LogP contribution in [0.3, 0.4) is 0 Å². The van der Waals surface area contributed by atoms with E-state index in [1.54, 1.807) is 12.4 Å². The van der Waals surface area contributed by atoms with Crippen LogP contribution in [0.25, 0.3) is 0 Å². The Morgan fingerprint density at radius 2 is 1.93 bits per heavy atom. The lowest BCUT2D eigenvalue weighted by Crippen LogP contribution is -2.35. The summed E-state index contributed by atoms with van der Waals surface area (Å²) in [5.41, 5.74) is 0. The summed E-state index contributed by atoms with van der Waals surface area (Å²) in [6, 6.07) is 2.23. The fourth-order valence-electron chi connectivity index (χ4n) is 3.07. The number of nitrogens with zero attached hydrogens (tertiary/aromatic N) is 4. The third-order valence-corrected chi connectivity index (χ3v) is 6.41. The maximum absolute atomic E-state index is 12.6. The zero-order valence-electron chi connectivity index (χ0n) is 15.4. The van der Waals surface area contributed by atoms with Crippen molar-refractivity contribution >= 4 is 21.9 Å². The van der Waals surface area contributed by atoms with Crippen molar-refractivity contribution in [3.05, 3.63) is 36.5 Å². The van der Waals surface area contributed by atoms with Crippen molar-refractivity contribution in [2.24, 2.45) is 7.05 Å². The van der Waals surface area contributed by atoms with Gasteiger partial charge in [-0.05, 0) is 31.9 Å². The number of nitrogens with one attached hydrogen (secondary N) is 2. The number of rotatable bonds is 5. The molecule has 27 heavy (non-hydrogen) atoms. The fourth-order valence-corrected chi connectivity index (χ4v) is 4.53. The van der Waals surface area contributed by atoms with Crippen molar-refractivity contribution in [2.45, 2.75) is 37.1 Å². The molecule has 1 saturated heterocycles. The zero-order valence-corrected chi connectivity index (χ0v) is 16.2. The number of hydrogen-bond acceptors (Lipinski definition) is 5. The zero-order chi connectivity index (χ0) is 19.4. The highest BCUT2D eigenvalue weighted by Gasteiger charge is 2.26. The first-order valence-electron chi connectivity index (χ1n) is 8.89. The predicted molar refractivity (Wildman–Crippen MR) is 101 cm³/mol. The molecule has 9 nitrogen and oxygen atoms in total. The first-order valence-corrected chi connectivity index (χ1v) is 10.3. The van der Waals surface area contributed by atoms with Crippen LogP contribution in [0.4, 0.5) is 10.6 Å². The third-order valence-electron chi connectivity index (χ3n) is 4.52. The quantitative estimate of drug-likeness (QED) is 0.807. The molecule has 3 rings (SSSR count). The number of pyridine rings is 1. The van der Waals surface area contributed by atoms with Gasteiger partial charge in [-0.3, -0.25) is 5.32 Å². The van der Waals surface area contributed by atoms with Crippen molar-refractivity contribution in [3.8, 4) is 0 Å². The van der Waals surface area contributed by atoms with E-state index in [0.29, 0.717) is 13.1 Å². The Kier molecular flexibility index (Phi) is 5.76. The van der Waals surface area contributed by atoms with Gasteiger partial charge in [-0.2, -0.15) is 4.31 Å². The number of aryl methyl sites for hydroxylation is 1. The second-order valence-corrected chi connectivity index (χ2v) is 8.50. The molecule has 2 aromatic rings. The molecule has 2 aromatic heterocycles. The monoisotopic (exact) mass is 392 g/mol. The van der Waals surface area contributed by atoms with Crippen LogP contribution in [0.1, 0.15) is 38.1 Å². The summed E-state index contributed by atoms with van der Waals surface area (Å²) in [5, 5.41) is 5.37. The van der Waals surface area contributed by atoms with Gasteiger partial charge in [0.15, 0.2) is 0 Å². The van der Waals surface area contributed by atoms with Gasteiger partial charge in [0, 0.05) is 38.7 Å². The van der Waals surface area contributed by atoms with E-state index in [4.69, 9.17) is 0 Å². The van der Waals surface area contributed by atoms with Crippen LogP contribution >= 0.6 is 0 Å². The number of carbonyl (C=O) groups excluding carboxylic acids is 1. The molecule has 0 unspecified atom stereocenters. The Hall–Kier alpha value is -2.46. The number of carbonyl (C=O) groups is 1. The Bertz CT molecular complexity index is 888. The molecule has 1 aliphatic rings. The molecule has 2 N–H and O–H groups in total. The van der Waals surface area contributed by atoms with Crippen LogP contribution in [0.5, 0.6) is 0 Å². The number of imidazole rings is 1. The molecular weight excluding hydrogens is 368 g/mol. The van der Waals surface area contributed by atoms with Crippen LogP contribution < -0.4 is 10.6 Å². The Balaban J connectivity index is 1.62. The molecule has 1 atom stereocenters. The Labute approximate surface area is 158 Å². The maximum atomic E-state index is 12.6. The van der Waals surface area contributed by atoms with Gasteiger partial charge in [-0.1, -0.05) is 6.42 Å². The second kappa shape index (κ2) is 8.05. The van der Waals surface area contributed by atoms with Crippen molar-refractivity contribution in [1.82, 2.24) is 24.2 Å². The molecule has 0 aliphatic carbocycles. The molecule has 0 bridgehead atoms. The number of urea groups is 1. The maximum Gasteiger partial charge on any atom is 0.320 e. The Morgan fingerprint density at radius 1 is 1.19 bits per heavy atom. The van der Waals surface area contributed by atoms with E-state index in [0.717, 1.165) is 25.1 Å². The summed E-state index contributed by atoms with van der Waals surface area (Å²) >= 11 is 0. The molecule has 0 aromatic carbocycles. The SMILES string of the molecule is C[C@H](NC(=O)Nc1ccc(S(=O)(=O)N2CCCCC2)cn1)c1nccn1C. The molecule has 10 heteroatoms. The van der Waals surface area contributed by atoms with Crippen LogP contribution in [-0.4, -0.2) is 46.4 Å². The summed E-state index contributed by atoms with van der Waals surface area (Å²) in [4.78, 5) is 20.5. The molecule has 2 amide bonds. The third kappa shape index (κ3) is 4.45. The highest BCUT2D eigenvalue weighted by molar-refractivity contribution is 7.89. The lowest BCUT2D eigenvalue weighted by Gasteiger charge is -2.25. The first-order chi connectivity index (χ1) is 12.9. The molecule has 1 fully saturated rings. The van der Waals surface area contributed by atoms with Gasteiger partial charge in [-0.15, -0.1) is 0 Å². The van der Waals surface area contributed by atoms with E-state index < -0.39 is 16.1 Å². The fraction of sp³-hybridized carbons (Fsp3) is 0.471. The first kappa shape index (κ1) is 19.3. The van der Waals surface area contributed by atoms with Gasteiger partial charge in [-0.25, -0.2) is 23.2 Å². The van der Waals surface area contributed by atoms with Crippen LogP contribution in [0, 0.1) is 0 Å². The van der Waals surface area contributed by atoms with Gasteiger partial charge in [0.05, 0.1) is 6.04 Å². The number of amides is 2. The lowest BCUT2D eigenvalue weighted by molar-refractivity contribution is 0.248. The van der Waals surface area contributed by atoms with Gasteiger partial charge >= 0.3 is 6.03 Å². The van der Waals surface area contributed by atoms with Crippen molar-refractivity contribution in [2.75, 3.05) is 18.4 Å². The lowest BCUT2D eigenvalue weighted by atomic mass is 10.2. The van der Waals surface area contributed by atoms with Gasteiger partial charge < -0.3 is 9.88 Å². The normalized spacial score (nSPS) is 16.7. The number of anilines is 1. The van der Waals surface area contributed by atoms with Crippen molar-refractivity contribution in [1.29, 1.82) is 0 Å². The highest BCUT2D eigenvalue weighted by atomic mass is 32.2. The van der Waals surface area contributed by atoms with E-state index in [1.807, 2.05) is 18.5 Å². The molecule has 0 spiro atoms. The summed E-state index contributed by atoms with van der Waals surface area (Å²) in [6.07, 6.45) is 7.55. The van der Waals surface area contributed by atoms with E-state index in [2.05, 4.69) is 20.6 Å². The predicted octanol–water partition coefficient (Wildman–Crippen LogP) is 1.87. The largest absolute Gasteiger partial charge is 0.336 e.